The molecule has 0 aromatic carbocycles. The fourth-order valence-corrected chi connectivity index (χ4v) is 6.66. The van der Waals surface area contributed by atoms with Gasteiger partial charge < -0.3 is 30.5 Å². The number of nitrogens with zero attached hydrogens (tertiary/aromatic N) is 4. The molecule has 0 radical (unpaired) electrons. The first-order valence-corrected chi connectivity index (χ1v) is 14.6. The van der Waals surface area contributed by atoms with E-state index in [1.54, 1.807) is 0 Å². The topological polar surface area (TPSA) is 225 Å². The molecule has 0 aliphatic carbocycles. The van der Waals surface area contributed by atoms with Crippen molar-refractivity contribution in [2.45, 2.75) is 50.4 Å². The van der Waals surface area contributed by atoms with Crippen molar-refractivity contribution in [1.82, 2.24) is 24.2 Å². The number of nitrogens with one attached hydrogen (secondary N) is 1. The smallest absolute Gasteiger partial charge is 0.387 e. The summed E-state index contributed by atoms with van der Waals surface area (Å²) >= 11 is 0.836. The van der Waals surface area contributed by atoms with Crippen LogP contribution in [0.2, 0.25) is 0 Å². The van der Waals surface area contributed by atoms with Crippen LogP contribution in [0.1, 0.15) is 27.0 Å². The van der Waals surface area contributed by atoms with Gasteiger partial charge in [-0.2, -0.15) is 4.98 Å². The number of imidazole rings is 1. The maximum Gasteiger partial charge on any atom is 0.408 e. The first kappa shape index (κ1) is 30.0. The second kappa shape index (κ2) is 11.5. The van der Waals surface area contributed by atoms with Crippen LogP contribution in [-0.2, 0) is 27.9 Å². The Hall–Kier alpha value is -1.92. The van der Waals surface area contributed by atoms with E-state index < -0.39 is 54.7 Å². The number of aromatic nitrogens is 4. The quantitative estimate of drug-likeness (QED) is 0.168. The van der Waals surface area contributed by atoms with E-state index in [0.717, 1.165) is 11.8 Å². The number of nitrogens with two attached hydrogens (primary N) is 1. The van der Waals surface area contributed by atoms with Gasteiger partial charge in [0.05, 0.1) is 32.8 Å². The third kappa shape index (κ3) is 6.37. The number of morpholine rings is 1. The lowest BCUT2D eigenvalue weighted by atomic mass is 9.96. The van der Waals surface area contributed by atoms with Gasteiger partial charge in [-0.1, -0.05) is 11.8 Å². The molecule has 2 fully saturated rings. The molecule has 2 saturated heterocycles. The van der Waals surface area contributed by atoms with Crippen LogP contribution in [0, 0.1) is 0 Å². The summed E-state index contributed by atoms with van der Waals surface area (Å²) in [4.78, 5) is 34.5. The van der Waals surface area contributed by atoms with Crippen LogP contribution in [0.4, 0.5) is 5.95 Å². The van der Waals surface area contributed by atoms with Gasteiger partial charge in [0.15, 0.2) is 17.4 Å². The number of aliphatic hydroxyl groups is 3. The standard InChI is InChI=1S/C21H33N6O10PS/c1-20(2,31)18(30)39-9-8-35-38(33,26-4-6-34-7-5-26)36-10-12-14(28)21(3,32)17(37-12)27-11-23-13-15(27)24-19(22)25-16(13)29/h11-12,14,17,28,31-32H,4-10H2,1-3H3,(H3,22,24,25,29)/t12-,14-,17-,21-,38?/m1/s1. The summed E-state index contributed by atoms with van der Waals surface area (Å²) in [6.45, 7) is 4.62. The highest BCUT2D eigenvalue weighted by molar-refractivity contribution is 8.13. The number of carbonyl (C=O) groups excluding carboxylic acids is 1. The number of fused-ring (bicyclic) bond motifs is 1. The second-order valence-corrected chi connectivity index (χ2v) is 12.9. The SMILES string of the molecule is CC(C)(O)C(=O)SCCOP(=O)(OC[C@H]1O[C@@H](n2cnc3c(=O)[nH]c(N)nc32)[C@](C)(O)[C@@H]1O)N1CCOCC1. The zero-order chi connectivity index (χ0) is 28.6. The molecule has 0 saturated carbocycles. The molecule has 4 rings (SSSR count). The number of hydrogen-bond donors (Lipinski definition) is 5. The summed E-state index contributed by atoms with van der Waals surface area (Å²) in [7, 11) is -3.95. The van der Waals surface area contributed by atoms with Gasteiger partial charge in [-0.3, -0.25) is 28.2 Å². The Balaban J connectivity index is 1.47. The van der Waals surface area contributed by atoms with E-state index in [1.807, 2.05) is 0 Å². The number of anilines is 1. The van der Waals surface area contributed by atoms with Crippen molar-refractivity contribution in [3.63, 3.8) is 0 Å². The summed E-state index contributed by atoms with van der Waals surface area (Å²) in [6, 6.07) is 0. The Morgan fingerprint density at radius 3 is 2.74 bits per heavy atom. The zero-order valence-electron chi connectivity index (χ0n) is 21.7. The van der Waals surface area contributed by atoms with Crippen LogP contribution in [0.15, 0.2) is 11.1 Å². The monoisotopic (exact) mass is 592 g/mol. The van der Waals surface area contributed by atoms with Gasteiger partial charge in [0.2, 0.25) is 11.1 Å². The first-order valence-electron chi connectivity index (χ1n) is 12.1. The Labute approximate surface area is 227 Å². The minimum Gasteiger partial charge on any atom is -0.387 e. The molecule has 18 heteroatoms. The van der Waals surface area contributed by atoms with Crippen LogP contribution < -0.4 is 11.3 Å². The number of hydrogen-bond acceptors (Lipinski definition) is 14. The van der Waals surface area contributed by atoms with E-state index in [4.69, 9.17) is 24.3 Å². The van der Waals surface area contributed by atoms with Gasteiger partial charge in [-0.05, 0) is 20.8 Å². The molecular weight excluding hydrogens is 559 g/mol. The molecule has 2 aliphatic heterocycles. The molecule has 2 aliphatic rings. The fraction of sp³-hybridized carbons (Fsp3) is 0.714. The van der Waals surface area contributed by atoms with Crippen LogP contribution >= 0.6 is 19.5 Å². The third-order valence-electron chi connectivity index (χ3n) is 6.26. The lowest BCUT2D eigenvalue weighted by Crippen LogP contribution is -2.44. The van der Waals surface area contributed by atoms with Crippen LogP contribution in [0.3, 0.4) is 0 Å². The molecule has 16 nitrogen and oxygen atoms in total. The molecule has 4 heterocycles. The summed E-state index contributed by atoms with van der Waals surface area (Å²) in [5.74, 6) is -0.0543. The van der Waals surface area contributed by atoms with Crippen molar-refractivity contribution in [2.24, 2.45) is 0 Å². The van der Waals surface area contributed by atoms with Crippen molar-refractivity contribution < 1.29 is 43.2 Å². The largest absolute Gasteiger partial charge is 0.408 e. The van der Waals surface area contributed by atoms with E-state index in [1.165, 1.54) is 36.3 Å². The fourth-order valence-electron chi connectivity index (χ4n) is 4.12. The number of rotatable bonds is 10. The molecule has 2 aromatic rings. The van der Waals surface area contributed by atoms with Gasteiger partial charge in [0.25, 0.3) is 5.56 Å². The lowest BCUT2D eigenvalue weighted by Gasteiger charge is -2.33. The van der Waals surface area contributed by atoms with Crippen molar-refractivity contribution in [1.29, 1.82) is 0 Å². The van der Waals surface area contributed by atoms with Gasteiger partial charge in [-0.15, -0.1) is 0 Å². The van der Waals surface area contributed by atoms with Crippen LogP contribution in [0.5, 0.6) is 0 Å². The molecule has 2 aromatic heterocycles. The Kier molecular flexibility index (Phi) is 8.88. The maximum absolute atomic E-state index is 13.8. The van der Waals surface area contributed by atoms with Crippen molar-refractivity contribution in [3.8, 4) is 0 Å². The van der Waals surface area contributed by atoms with E-state index in [2.05, 4.69) is 15.0 Å². The predicted octanol–water partition coefficient (Wildman–Crippen LogP) is -0.785. The Bertz CT molecular complexity index is 1290. The van der Waals surface area contributed by atoms with Crippen molar-refractivity contribution in [3.05, 3.63) is 16.7 Å². The Morgan fingerprint density at radius 1 is 1.38 bits per heavy atom. The van der Waals surface area contributed by atoms with Gasteiger partial charge in [0, 0.05) is 18.8 Å². The zero-order valence-corrected chi connectivity index (χ0v) is 23.4. The lowest BCUT2D eigenvalue weighted by molar-refractivity contribution is -0.124. The van der Waals surface area contributed by atoms with E-state index in [0.29, 0.717) is 13.2 Å². The molecule has 0 amide bonds. The number of carbonyl (C=O) groups is 1. The molecule has 5 atom stereocenters. The van der Waals surface area contributed by atoms with E-state index >= 15 is 0 Å². The van der Waals surface area contributed by atoms with E-state index in [9.17, 15) is 29.5 Å². The minimum absolute atomic E-state index is 0.0377. The Morgan fingerprint density at radius 2 is 2.08 bits per heavy atom. The highest BCUT2D eigenvalue weighted by atomic mass is 32.2. The summed E-state index contributed by atoms with van der Waals surface area (Å²) in [5.41, 5.74) is 1.66. The average Bonchev–Trinajstić information content (AvgIpc) is 3.38. The minimum atomic E-state index is -3.95. The second-order valence-electron chi connectivity index (χ2n) is 9.83. The summed E-state index contributed by atoms with van der Waals surface area (Å²) in [6.07, 6.45) is -2.67. The third-order valence-corrected chi connectivity index (χ3v) is 9.47. The average molecular weight is 593 g/mol. The van der Waals surface area contributed by atoms with Crippen molar-refractivity contribution in [2.75, 3.05) is 51.0 Å². The number of H-pyrrole nitrogens is 1. The van der Waals surface area contributed by atoms with E-state index in [-0.39, 0.29) is 42.6 Å². The highest BCUT2D eigenvalue weighted by Gasteiger charge is 2.54. The number of aliphatic hydroxyl groups excluding tert-OH is 1. The predicted molar refractivity (Wildman–Crippen MR) is 139 cm³/mol. The number of aromatic amines is 1. The molecule has 0 bridgehead atoms. The normalized spacial score (nSPS) is 28.1. The van der Waals surface area contributed by atoms with Crippen LogP contribution in [-0.4, -0.2) is 113 Å². The highest BCUT2D eigenvalue weighted by Crippen LogP contribution is 2.53. The molecule has 218 valence electrons. The number of nitrogen functional groups attached to an aromatic ring is 1. The van der Waals surface area contributed by atoms with Gasteiger partial charge in [-0.25, -0.2) is 14.2 Å². The molecule has 1 unspecified atom stereocenters. The summed E-state index contributed by atoms with van der Waals surface area (Å²) < 4.78 is 39.2. The molecule has 0 spiro atoms. The first-order chi connectivity index (χ1) is 18.2. The number of ether oxygens (including phenoxy) is 2. The molecule has 6 N–H and O–H groups in total. The summed E-state index contributed by atoms with van der Waals surface area (Å²) in [5, 5.41) is 31.4. The van der Waals surface area contributed by atoms with Gasteiger partial charge in [0.1, 0.15) is 23.4 Å². The number of thioether (sulfide) groups is 1. The maximum atomic E-state index is 13.8. The van der Waals surface area contributed by atoms with Crippen LogP contribution in [0.25, 0.3) is 11.2 Å². The molecule has 39 heavy (non-hydrogen) atoms. The molecular formula is C21H33N6O10PS. The van der Waals surface area contributed by atoms with Gasteiger partial charge >= 0.3 is 7.75 Å². The van der Waals surface area contributed by atoms with Crippen molar-refractivity contribution >= 4 is 41.7 Å².